The highest BCUT2D eigenvalue weighted by atomic mass is 16.5. The van der Waals surface area contributed by atoms with Gasteiger partial charge in [-0.25, -0.2) is 4.98 Å². The molecule has 0 spiro atoms. The molecule has 0 saturated heterocycles. The Morgan fingerprint density at radius 2 is 1.94 bits per heavy atom. The number of hydrogen-bond acceptors (Lipinski definition) is 4. The highest BCUT2D eigenvalue weighted by Gasteiger charge is 2.16. The molecule has 7 heteroatoms. The summed E-state index contributed by atoms with van der Waals surface area (Å²) in [5.41, 5.74) is 3.81. The average Bonchev–Trinajstić information content (AvgIpc) is 3.16. The van der Waals surface area contributed by atoms with E-state index in [4.69, 9.17) is 4.74 Å². The third-order valence-corrected chi connectivity index (χ3v) is 5.45. The predicted molar refractivity (Wildman–Crippen MR) is 125 cm³/mol. The Bertz CT molecular complexity index is 1290. The van der Waals surface area contributed by atoms with Gasteiger partial charge in [0.05, 0.1) is 13.4 Å². The van der Waals surface area contributed by atoms with Gasteiger partial charge in [0.15, 0.2) is 0 Å². The van der Waals surface area contributed by atoms with Crippen molar-refractivity contribution in [2.75, 3.05) is 13.7 Å². The number of carbonyl (C=O) groups excluding carboxylic acids is 1. The molecule has 2 aromatic carbocycles. The third kappa shape index (κ3) is 4.56. The van der Waals surface area contributed by atoms with Gasteiger partial charge in [0.25, 0.3) is 5.56 Å². The first-order valence-corrected chi connectivity index (χ1v) is 10.6. The summed E-state index contributed by atoms with van der Waals surface area (Å²) < 4.78 is 8.42. The molecule has 0 aliphatic carbocycles. The lowest BCUT2D eigenvalue weighted by atomic mass is 10.1. The number of amides is 1. The minimum absolute atomic E-state index is 0.0627. The SMILES string of the molecule is COc1cccc(-c2cn(C)c3c(=O)n(CC(=O)NCCCc4ccccc4)cnc23)c1. The monoisotopic (exact) mass is 430 g/mol. The molecule has 0 bridgehead atoms. The van der Waals surface area contributed by atoms with Crippen LogP contribution < -0.4 is 15.6 Å². The molecule has 0 fully saturated rings. The number of ether oxygens (including phenoxy) is 1. The van der Waals surface area contributed by atoms with E-state index in [9.17, 15) is 9.59 Å². The summed E-state index contributed by atoms with van der Waals surface area (Å²) in [5, 5.41) is 2.89. The van der Waals surface area contributed by atoms with Crippen LogP contribution in [0.2, 0.25) is 0 Å². The van der Waals surface area contributed by atoms with Gasteiger partial charge in [0.2, 0.25) is 5.91 Å². The summed E-state index contributed by atoms with van der Waals surface area (Å²) in [6, 6.07) is 17.8. The molecule has 1 N–H and O–H groups in total. The number of carbonyl (C=O) groups is 1. The van der Waals surface area contributed by atoms with Gasteiger partial charge in [-0.05, 0) is 36.1 Å². The summed E-state index contributed by atoms with van der Waals surface area (Å²) in [6.45, 7) is 0.495. The Morgan fingerprint density at radius 3 is 2.72 bits per heavy atom. The topological polar surface area (TPSA) is 78.1 Å². The molecule has 32 heavy (non-hydrogen) atoms. The third-order valence-electron chi connectivity index (χ3n) is 5.45. The van der Waals surface area contributed by atoms with Crippen LogP contribution in [0.25, 0.3) is 22.2 Å². The first-order chi connectivity index (χ1) is 15.6. The Balaban J connectivity index is 1.47. The molecule has 2 aromatic heterocycles. The van der Waals surface area contributed by atoms with Gasteiger partial charge in [0, 0.05) is 25.4 Å². The number of aromatic nitrogens is 3. The van der Waals surface area contributed by atoms with Crippen molar-refractivity contribution in [3.8, 4) is 16.9 Å². The number of nitrogens with one attached hydrogen (secondary N) is 1. The fraction of sp³-hybridized carbons (Fsp3) is 0.240. The minimum atomic E-state index is -0.244. The van der Waals surface area contributed by atoms with Crippen LogP contribution >= 0.6 is 0 Å². The summed E-state index contributed by atoms with van der Waals surface area (Å²) in [5.74, 6) is 0.528. The molecule has 2 heterocycles. The number of aryl methyl sites for hydroxylation is 2. The highest BCUT2D eigenvalue weighted by Crippen LogP contribution is 2.29. The summed E-state index contributed by atoms with van der Waals surface area (Å²) in [6.07, 6.45) is 5.05. The van der Waals surface area contributed by atoms with Crippen LogP contribution in [0.5, 0.6) is 5.75 Å². The maximum atomic E-state index is 13.1. The van der Waals surface area contributed by atoms with E-state index in [0.29, 0.717) is 17.6 Å². The van der Waals surface area contributed by atoms with Crippen LogP contribution in [-0.2, 0) is 24.8 Å². The normalized spacial score (nSPS) is 10.9. The van der Waals surface area contributed by atoms with Crippen molar-refractivity contribution in [2.24, 2.45) is 7.05 Å². The summed E-state index contributed by atoms with van der Waals surface area (Å²) in [7, 11) is 3.43. The van der Waals surface area contributed by atoms with Crippen LogP contribution in [0, 0.1) is 0 Å². The fourth-order valence-electron chi connectivity index (χ4n) is 3.80. The van der Waals surface area contributed by atoms with Crippen LogP contribution in [0.1, 0.15) is 12.0 Å². The second-order valence-electron chi connectivity index (χ2n) is 7.70. The smallest absolute Gasteiger partial charge is 0.278 e. The van der Waals surface area contributed by atoms with Crippen LogP contribution in [0.3, 0.4) is 0 Å². The van der Waals surface area contributed by atoms with Crippen molar-refractivity contribution in [1.29, 1.82) is 0 Å². The molecule has 7 nitrogen and oxygen atoms in total. The van der Waals surface area contributed by atoms with Gasteiger partial charge in [-0.1, -0.05) is 42.5 Å². The lowest BCUT2D eigenvalue weighted by Gasteiger charge is -2.08. The van der Waals surface area contributed by atoms with E-state index in [0.717, 1.165) is 29.7 Å². The van der Waals surface area contributed by atoms with Gasteiger partial charge in [-0.15, -0.1) is 0 Å². The first-order valence-electron chi connectivity index (χ1n) is 10.6. The number of benzene rings is 2. The van der Waals surface area contributed by atoms with Crippen LogP contribution in [0.15, 0.2) is 71.9 Å². The molecule has 1 amide bonds. The Kier molecular flexibility index (Phi) is 6.35. The quantitative estimate of drug-likeness (QED) is 0.436. The maximum absolute atomic E-state index is 13.1. The summed E-state index contributed by atoms with van der Waals surface area (Å²) >= 11 is 0. The number of fused-ring (bicyclic) bond motifs is 1. The number of hydrogen-bond donors (Lipinski definition) is 1. The molecule has 4 aromatic rings. The zero-order valence-electron chi connectivity index (χ0n) is 18.2. The summed E-state index contributed by atoms with van der Waals surface area (Å²) in [4.78, 5) is 29.9. The zero-order valence-corrected chi connectivity index (χ0v) is 18.2. The molecule has 0 radical (unpaired) electrons. The number of nitrogens with zero attached hydrogens (tertiary/aromatic N) is 3. The van der Waals surface area contributed by atoms with E-state index in [1.807, 2.05) is 55.7 Å². The van der Waals surface area contributed by atoms with E-state index in [1.54, 1.807) is 11.7 Å². The van der Waals surface area contributed by atoms with Crippen molar-refractivity contribution in [1.82, 2.24) is 19.4 Å². The highest BCUT2D eigenvalue weighted by molar-refractivity contribution is 5.92. The molecule has 0 unspecified atom stereocenters. The molecule has 4 rings (SSSR count). The Morgan fingerprint density at radius 1 is 1.12 bits per heavy atom. The Hall–Kier alpha value is -3.87. The predicted octanol–water partition coefficient (Wildman–Crippen LogP) is 3.16. The van der Waals surface area contributed by atoms with Crippen LogP contribution in [0.4, 0.5) is 0 Å². The average molecular weight is 431 g/mol. The van der Waals surface area contributed by atoms with Crippen LogP contribution in [-0.4, -0.2) is 33.7 Å². The van der Waals surface area contributed by atoms with Gasteiger partial charge >= 0.3 is 0 Å². The molecular weight excluding hydrogens is 404 g/mol. The lowest BCUT2D eigenvalue weighted by Crippen LogP contribution is -2.33. The van der Waals surface area contributed by atoms with Crippen molar-refractivity contribution in [3.05, 3.63) is 83.0 Å². The largest absolute Gasteiger partial charge is 0.497 e. The second-order valence-corrected chi connectivity index (χ2v) is 7.70. The molecule has 164 valence electrons. The lowest BCUT2D eigenvalue weighted by molar-refractivity contribution is -0.121. The van der Waals surface area contributed by atoms with E-state index < -0.39 is 0 Å². The van der Waals surface area contributed by atoms with E-state index in [-0.39, 0.29) is 18.0 Å². The van der Waals surface area contributed by atoms with Gasteiger partial charge in [0.1, 0.15) is 23.3 Å². The Labute approximate surface area is 186 Å². The second kappa shape index (κ2) is 9.51. The zero-order chi connectivity index (χ0) is 22.5. The van der Waals surface area contributed by atoms with E-state index in [2.05, 4.69) is 22.4 Å². The maximum Gasteiger partial charge on any atom is 0.278 e. The van der Waals surface area contributed by atoms with Crippen molar-refractivity contribution in [3.63, 3.8) is 0 Å². The first kappa shape index (κ1) is 21.4. The van der Waals surface area contributed by atoms with E-state index in [1.165, 1.54) is 16.5 Å². The van der Waals surface area contributed by atoms with E-state index >= 15 is 0 Å². The standard InChI is InChI=1S/C25H26N4O3/c1-28-15-21(19-11-6-12-20(14-19)32-2)23-24(28)25(31)29(17-27-23)16-22(30)26-13-7-10-18-8-4-3-5-9-18/h3-6,8-9,11-12,14-15,17H,7,10,13,16H2,1-2H3,(H,26,30). The molecular formula is C25H26N4O3. The molecule has 0 atom stereocenters. The molecule has 0 aliphatic rings. The van der Waals surface area contributed by atoms with Crippen molar-refractivity contribution < 1.29 is 9.53 Å². The minimum Gasteiger partial charge on any atom is -0.497 e. The van der Waals surface area contributed by atoms with Gasteiger partial charge < -0.3 is 14.6 Å². The van der Waals surface area contributed by atoms with Gasteiger partial charge in [-0.2, -0.15) is 0 Å². The van der Waals surface area contributed by atoms with Crippen molar-refractivity contribution >= 4 is 16.9 Å². The number of methoxy groups -OCH3 is 1. The number of rotatable bonds is 8. The van der Waals surface area contributed by atoms with Crippen molar-refractivity contribution in [2.45, 2.75) is 19.4 Å². The van der Waals surface area contributed by atoms with Gasteiger partial charge in [-0.3, -0.25) is 14.2 Å². The molecule has 0 saturated carbocycles. The fourth-order valence-corrected chi connectivity index (χ4v) is 3.80. The molecule has 0 aliphatic heterocycles.